The van der Waals surface area contributed by atoms with E-state index in [-0.39, 0.29) is 18.3 Å². The van der Waals surface area contributed by atoms with Gasteiger partial charge in [-0.2, -0.15) is 0 Å². The Bertz CT molecular complexity index is 487. The number of aromatic nitrogens is 2. The molecule has 1 aromatic rings. The molecular weight excluding hydrogens is 282 g/mol. The zero-order valence-electron chi connectivity index (χ0n) is 13.8. The van der Waals surface area contributed by atoms with Crippen molar-refractivity contribution in [3.8, 4) is 0 Å². The lowest BCUT2D eigenvalue weighted by Gasteiger charge is -2.35. The van der Waals surface area contributed by atoms with Crippen LogP contribution in [-0.4, -0.2) is 45.8 Å². The maximum atomic E-state index is 12.1. The number of nitrogens with zero attached hydrogens (tertiary/aromatic N) is 3. The van der Waals surface area contributed by atoms with E-state index in [0.29, 0.717) is 13.1 Å². The molecular formula is C16H25N3O3. The smallest absolute Gasteiger partial charge is 0.410 e. The van der Waals surface area contributed by atoms with Gasteiger partial charge in [0.15, 0.2) is 0 Å². The number of carbonyl (C=O) groups is 1. The maximum absolute atomic E-state index is 12.1. The highest BCUT2D eigenvalue weighted by Crippen LogP contribution is 2.22. The second-order valence-electron chi connectivity index (χ2n) is 6.60. The van der Waals surface area contributed by atoms with Gasteiger partial charge in [0, 0.05) is 18.9 Å². The van der Waals surface area contributed by atoms with Crippen molar-refractivity contribution >= 4 is 6.09 Å². The number of hydrogen-bond donors (Lipinski definition) is 0. The second-order valence-corrected chi connectivity index (χ2v) is 6.60. The Balaban J connectivity index is 1.89. The molecule has 0 radical (unpaired) electrons. The molecule has 0 spiro atoms. The average Bonchev–Trinajstić information content (AvgIpc) is 2.46. The van der Waals surface area contributed by atoms with Crippen LogP contribution < -0.4 is 0 Å². The third-order valence-corrected chi connectivity index (χ3v) is 3.43. The van der Waals surface area contributed by atoms with E-state index in [4.69, 9.17) is 9.47 Å². The van der Waals surface area contributed by atoms with E-state index >= 15 is 0 Å². The third kappa shape index (κ3) is 4.94. The molecule has 1 aliphatic heterocycles. The topological polar surface area (TPSA) is 64.5 Å². The molecule has 1 amide bonds. The van der Waals surface area contributed by atoms with Gasteiger partial charge in [0.1, 0.15) is 5.60 Å². The predicted octanol–water partition coefficient (Wildman–Crippen LogP) is 2.95. The molecule has 1 saturated heterocycles. The van der Waals surface area contributed by atoms with E-state index in [0.717, 1.165) is 18.5 Å². The quantitative estimate of drug-likeness (QED) is 0.859. The monoisotopic (exact) mass is 307 g/mol. The lowest BCUT2D eigenvalue weighted by Crippen LogP contribution is -2.45. The molecule has 122 valence electrons. The van der Waals surface area contributed by atoms with Crippen LogP contribution in [0.2, 0.25) is 0 Å². The average molecular weight is 307 g/mol. The van der Waals surface area contributed by atoms with Crippen molar-refractivity contribution in [2.75, 3.05) is 13.1 Å². The first-order valence-electron chi connectivity index (χ1n) is 7.74. The van der Waals surface area contributed by atoms with Gasteiger partial charge < -0.3 is 14.4 Å². The number of piperidine rings is 1. The minimum atomic E-state index is -0.474. The molecule has 0 saturated carbocycles. The Kier molecular flexibility index (Phi) is 5.34. The lowest BCUT2D eigenvalue weighted by atomic mass is 10.1. The Labute approximate surface area is 131 Å². The first kappa shape index (κ1) is 16.7. The number of amides is 1. The summed E-state index contributed by atoms with van der Waals surface area (Å²) < 4.78 is 11.5. The fourth-order valence-corrected chi connectivity index (χ4v) is 2.42. The minimum Gasteiger partial charge on any atom is -0.444 e. The zero-order chi connectivity index (χ0) is 16.2. The highest BCUT2D eigenvalue weighted by atomic mass is 16.6. The Morgan fingerprint density at radius 2 is 2.18 bits per heavy atom. The highest BCUT2D eigenvalue weighted by Gasteiger charge is 2.29. The summed E-state index contributed by atoms with van der Waals surface area (Å²) in [6.07, 6.45) is 6.44. The van der Waals surface area contributed by atoms with Crippen LogP contribution in [0.1, 0.15) is 52.3 Å². The van der Waals surface area contributed by atoms with Gasteiger partial charge in [-0.3, -0.25) is 9.97 Å². The van der Waals surface area contributed by atoms with E-state index in [1.165, 1.54) is 0 Å². The van der Waals surface area contributed by atoms with E-state index < -0.39 is 5.60 Å². The molecule has 0 aromatic carbocycles. The van der Waals surface area contributed by atoms with Crippen LogP contribution in [0, 0.1) is 0 Å². The van der Waals surface area contributed by atoms with Gasteiger partial charge in [-0.25, -0.2) is 4.79 Å². The van der Waals surface area contributed by atoms with Crippen molar-refractivity contribution in [2.45, 2.75) is 58.3 Å². The molecule has 1 aromatic heterocycles. The van der Waals surface area contributed by atoms with Gasteiger partial charge in [-0.05, 0) is 40.5 Å². The second kappa shape index (κ2) is 7.05. The van der Waals surface area contributed by atoms with E-state index in [1.54, 1.807) is 23.5 Å². The van der Waals surface area contributed by atoms with Gasteiger partial charge in [-0.15, -0.1) is 0 Å². The number of ether oxygens (including phenoxy) is 2. The van der Waals surface area contributed by atoms with Crippen LogP contribution >= 0.6 is 0 Å². The van der Waals surface area contributed by atoms with Gasteiger partial charge in [-0.1, -0.05) is 0 Å². The largest absolute Gasteiger partial charge is 0.444 e. The van der Waals surface area contributed by atoms with Crippen LogP contribution in [0.3, 0.4) is 0 Å². The van der Waals surface area contributed by atoms with Gasteiger partial charge in [0.2, 0.25) is 0 Å². The normalized spacial score (nSPS) is 20.5. The van der Waals surface area contributed by atoms with Crippen molar-refractivity contribution in [1.29, 1.82) is 0 Å². The van der Waals surface area contributed by atoms with Crippen molar-refractivity contribution < 1.29 is 14.3 Å². The van der Waals surface area contributed by atoms with E-state index in [1.807, 2.05) is 27.7 Å². The van der Waals surface area contributed by atoms with Crippen molar-refractivity contribution in [2.24, 2.45) is 0 Å². The van der Waals surface area contributed by atoms with Crippen LogP contribution in [0.4, 0.5) is 4.79 Å². The fourth-order valence-electron chi connectivity index (χ4n) is 2.42. The Morgan fingerprint density at radius 1 is 1.41 bits per heavy atom. The summed E-state index contributed by atoms with van der Waals surface area (Å²) in [5, 5.41) is 0. The maximum Gasteiger partial charge on any atom is 0.410 e. The van der Waals surface area contributed by atoms with Gasteiger partial charge >= 0.3 is 6.09 Å². The number of hydrogen-bond acceptors (Lipinski definition) is 5. The summed E-state index contributed by atoms with van der Waals surface area (Å²) in [5.74, 6) is 0. The van der Waals surface area contributed by atoms with E-state index in [9.17, 15) is 4.79 Å². The summed E-state index contributed by atoms with van der Waals surface area (Å²) in [4.78, 5) is 22.2. The molecule has 0 aliphatic carbocycles. The molecule has 2 atom stereocenters. The van der Waals surface area contributed by atoms with Gasteiger partial charge in [0.05, 0.1) is 30.6 Å². The zero-order valence-corrected chi connectivity index (χ0v) is 13.8. The fraction of sp³-hybridized carbons (Fsp3) is 0.688. The molecule has 1 fully saturated rings. The van der Waals surface area contributed by atoms with Crippen LogP contribution in [0.25, 0.3) is 0 Å². The highest BCUT2D eigenvalue weighted by molar-refractivity contribution is 5.68. The molecule has 0 N–H and O–H groups in total. The summed E-state index contributed by atoms with van der Waals surface area (Å²) in [6, 6.07) is 0. The first-order valence-corrected chi connectivity index (χ1v) is 7.74. The standard InChI is InChI=1S/C16H25N3O3/c1-12(14-10-17-7-8-18-14)21-13-6-5-9-19(11-13)15(20)22-16(2,3)4/h7-8,10,12-13H,5-6,9,11H2,1-4H3/t12-,13+/m1/s1. The molecule has 22 heavy (non-hydrogen) atoms. The number of likely N-dealkylation sites (tertiary alicyclic amines) is 1. The molecule has 0 bridgehead atoms. The molecule has 0 unspecified atom stereocenters. The van der Waals surface area contributed by atoms with Crippen molar-refractivity contribution in [1.82, 2.24) is 14.9 Å². The molecule has 1 aliphatic rings. The molecule has 2 heterocycles. The van der Waals surface area contributed by atoms with Gasteiger partial charge in [0.25, 0.3) is 0 Å². The SMILES string of the molecule is C[C@@H](O[C@H]1CCCN(C(=O)OC(C)(C)C)C1)c1cnccn1. The van der Waals surface area contributed by atoms with Crippen LogP contribution in [0.15, 0.2) is 18.6 Å². The summed E-state index contributed by atoms with van der Waals surface area (Å²) in [7, 11) is 0. The molecule has 6 nitrogen and oxygen atoms in total. The minimum absolute atomic E-state index is 0.00160. The van der Waals surface area contributed by atoms with Crippen LogP contribution in [-0.2, 0) is 9.47 Å². The molecule has 6 heteroatoms. The predicted molar refractivity (Wildman–Crippen MR) is 82.4 cm³/mol. The lowest BCUT2D eigenvalue weighted by molar-refractivity contribution is -0.0498. The number of rotatable bonds is 3. The molecule has 2 rings (SSSR count). The summed E-state index contributed by atoms with van der Waals surface area (Å²) in [5.41, 5.74) is 0.328. The summed E-state index contributed by atoms with van der Waals surface area (Å²) in [6.45, 7) is 8.85. The third-order valence-electron chi connectivity index (χ3n) is 3.43. The Hall–Kier alpha value is -1.69. The first-order chi connectivity index (χ1) is 10.3. The Morgan fingerprint density at radius 3 is 2.82 bits per heavy atom. The van der Waals surface area contributed by atoms with E-state index in [2.05, 4.69) is 9.97 Å². The van der Waals surface area contributed by atoms with Crippen molar-refractivity contribution in [3.63, 3.8) is 0 Å². The number of carbonyl (C=O) groups excluding carboxylic acids is 1. The van der Waals surface area contributed by atoms with Crippen LogP contribution in [0.5, 0.6) is 0 Å². The van der Waals surface area contributed by atoms with Crippen molar-refractivity contribution in [3.05, 3.63) is 24.3 Å². The summed E-state index contributed by atoms with van der Waals surface area (Å²) >= 11 is 0.